The van der Waals surface area contributed by atoms with Crippen LogP contribution in [0, 0.1) is 0 Å². The van der Waals surface area contributed by atoms with Crippen LogP contribution in [0.1, 0.15) is 16.7 Å². The number of nitrogens with zero attached hydrogens (tertiary/aromatic N) is 3. The van der Waals surface area contributed by atoms with Gasteiger partial charge in [0.25, 0.3) is 0 Å². The van der Waals surface area contributed by atoms with Crippen LogP contribution in [0.5, 0.6) is 0 Å². The summed E-state index contributed by atoms with van der Waals surface area (Å²) in [6.07, 6.45) is 2.01. The maximum atomic E-state index is 6.83. The Kier molecular flexibility index (Phi) is 9.36. The molecule has 0 aliphatic heterocycles. The van der Waals surface area contributed by atoms with Crippen LogP contribution in [-0.4, -0.2) is 14.8 Å². The van der Waals surface area contributed by atoms with Gasteiger partial charge < -0.3 is 14.9 Å². The number of para-hydroxylation sites is 3. The third-order valence-corrected chi connectivity index (χ3v) is 12.0. The highest BCUT2D eigenvalue weighted by atomic mass is 15.0. The van der Waals surface area contributed by atoms with Crippen LogP contribution in [0.3, 0.4) is 0 Å². The topological polar surface area (TPSA) is 48.2 Å². The number of allylic oxidation sites excluding steroid dienone is 1. The molecule has 11 rings (SSSR count). The summed E-state index contributed by atoms with van der Waals surface area (Å²) in [6.45, 7) is 0.547. The molecule has 4 heteroatoms. The monoisotopic (exact) mass is 794 g/mol. The fourth-order valence-corrected chi connectivity index (χ4v) is 8.92. The standard InChI is InChI=1S/C58H42N4/c59-53(43-26-24-42(25-27-43)41-16-6-2-7-17-41)38-54(60-39-40-14-4-1-5-15-40)44-28-32-48(33-29-44)62-56-23-13-11-21-50(56)52-37-46(31-35-58(52)62)45-30-34-57-51(36-45)49-20-10-12-22-55(49)61(57)47-18-8-3-9-19-47/h1-38H,39,59H2/b53-38-,60-54?. The van der Waals surface area contributed by atoms with Crippen molar-refractivity contribution in [3.63, 3.8) is 0 Å². The minimum Gasteiger partial charge on any atom is -0.398 e. The van der Waals surface area contributed by atoms with Crippen LogP contribution in [-0.2, 0) is 6.54 Å². The fraction of sp³-hybridized carbons (Fsp3) is 0.0172. The first-order valence-electron chi connectivity index (χ1n) is 21.1. The average Bonchev–Trinajstić information content (AvgIpc) is 3.86. The Balaban J connectivity index is 0.960. The normalized spacial score (nSPS) is 12.2. The first-order valence-corrected chi connectivity index (χ1v) is 21.1. The van der Waals surface area contributed by atoms with Gasteiger partial charge in [0.2, 0.25) is 0 Å². The SMILES string of the molecule is N/C(=C\C(=NCc1ccccc1)c1ccc(-n2c3ccccc3c3cc(-c4ccc5c(c4)c4ccccc4n5-c4ccccc4)ccc32)cc1)c1ccc(-c2ccccc2)cc1. The number of fused-ring (bicyclic) bond motifs is 6. The van der Waals surface area contributed by atoms with Gasteiger partial charge in [-0.25, -0.2) is 0 Å². The summed E-state index contributed by atoms with van der Waals surface area (Å²) in [4.78, 5) is 5.13. The zero-order chi connectivity index (χ0) is 41.4. The fourth-order valence-electron chi connectivity index (χ4n) is 8.92. The van der Waals surface area contributed by atoms with Crippen molar-refractivity contribution in [3.8, 4) is 33.6 Å². The van der Waals surface area contributed by atoms with Gasteiger partial charge in [-0.1, -0.05) is 164 Å². The largest absolute Gasteiger partial charge is 0.398 e. The molecule has 0 saturated heterocycles. The molecule has 4 nitrogen and oxygen atoms in total. The van der Waals surface area contributed by atoms with Crippen molar-refractivity contribution < 1.29 is 0 Å². The van der Waals surface area contributed by atoms with Crippen LogP contribution >= 0.6 is 0 Å². The van der Waals surface area contributed by atoms with Crippen LogP contribution < -0.4 is 5.73 Å². The van der Waals surface area contributed by atoms with Gasteiger partial charge in [0, 0.05) is 38.6 Å². The Morgan fingerprint density at radius 2 is 0.823 bits per heavy atom. The van der Waals surface area contributed by atoms with E-state index in [2.05, 4.69) is 221 Å². The summed E-state index contributed by atoms with van der Waals surface area (Å²) in [7, 11) is 0. The summed E-state index contributed by atoms with van der Waals surface area (Å²) in [6, 6.07) is 79.7. The summed E-state index contributed by atoms with van der Waals surface area (Å²) < 4.78 is 4.73. The second-order valence-electron chi connectivity index (χ2n) is 15.8. The molecule has 0 amide bonds. The number of rotatable bonds is 9. The lowest BCUT2D eigenvalue weighted by molar-refractivity contribution is 1.07. The minimum absolute atomic E-state index is 0.547. The van der Waals surface area contributed by atoms with Gasteiger partial charge in [-0.3, -0.25) is 4.99 Å². The van der Waals surface area contributed by atoms with E-state index >= 15 is 0 Å². The van der Waals surface area contributed by atoms with Crippen molar-refractivity contribution >= 4 is 55.0 Å². The molecule has 0 saturated carbocycles. The highest BCUT2D eigenvalue weighted by Crippen LogP contribution is 2.38. The molecule has 0 unspecified atom stereocenters. The van der Waals surface area contributed by atoms with Gasteiger partial charge in [-0.2, -0.15) is 0 Å². The zero-order valence-corrected chi connectivity index (χ0v) is 34.1. The van der Waals surface area contributed by atoms with Gasteiger partial charge in [0.15, 0.2) is 0 Å². The molecule has 0 bridgehead atoms. The molecule has 2 heterocycles. The smallest absolute Gasteiger partial charge is 0.0671 e. The van der Waals surface area contributed by atoms with E-state index < -0.39 is 0 Å². The van der Waals surface area contributed by atoms with E-state index in [1.807, 2.05) is 18.2 Å². The highest BCUT2D eigenvalue weighted by Gasteiger charge is 2.16. The Hall–Kier alpha value is -8.21. The predicted octanol–water partition coefficient (Wildman–Crippen LogP) is 14.2. The Morgan fingerprint density at radius 3 is 1.40 bits per heavy atom. The van der Waals surface area contributed by atoms with E-state index in [1.54, 1.807) is 0 Å². The number of hydrogen-bond donors (Lipinski definition) is 1. The molecular weight excluding hydrogens is 753 g/mol. The Labute approximate surface area is 360 Å². The van der Waals surface area contributed by atoms with Crippen LogP contribution in [0.4, 0.5) is 0 Å². The van der Waals surface area contributed by atoms with Gasteiger partial charge in [0.05, 0.1) is 34.3 Å². The van der Waals surface area contributed by atoms with Crippen molar-refractivity contribution in [1.82, 2.24) is 9.13 Å². The lowest BCUT2D eigenvalue weighted by Crippen LogP contribution is -2.05. The molecule has 0 spiro atoms. The molecule has 9 aromatic carbocycles. The van der Waals surface area contributed by atoms with Crippen molar-refractivity contribution in [1.29, 1.82) is 0 Å². The quantitative estimate of drug-likeness (QED) is 0.145. The second kappa shape index (κ2) is 15.8. The van der Waals surface area contributed by atoms with Gasteiger partial charge in [-0.15, -0.1) is 0 Å². The molecule has 0 atom stereocenters. The number of benzene rings is 9. The lowest BCUT2D eigenvalue weighted by atomic mass is 10.0. The van der Waals surface area contributed by atoms with E-state index in [1.165, 1.54) is 49.3 Å². The molecule has 0 aliphatic rings. The Bertz CT molecular complexity index is 3450. The van der Waals surface area contributed by atoms with Crippen LogP contribution in [0.15, 0.2) is 236 Å². The van der Waals surface area contributed by atoms with Crippen molar-refractivity contribution in [2.24, 2.45) is 10.7 Å². The summed E-state index contributed by atoms with van der Waals surface area (Å²) in [5.41, 5.74) is 23.1. The lowest BCUT2D eigenvalue weighted by Gasteiger charge is -2.11. The van der Waals surface area contributed by atoms with Crippen LogP contribution in [0.2, 0.25) is 0 Å². The first kappa shape index (κ1) is 36.8. The Morgan fingerprint density at radius 1 is 0.387 bits per heavy atom. The average molecular weight is 795 g/mol. The molecule has 62 heavy (non-hydrogen) atoms. The minimum atomic E-state index is 0.547. The van der Waals surface area contributed by atoms with E-state index in [4.69, 9.17) is 10.7 Å². The number of hydrogen-bond acceptors (Lipinski definition) is 2. The molecule has 294 valence electrons. The van der Waals surface area contributed by atoms with Gasteiger partial charge in [-0.05, 0) is 106 Å². The summed E-state index contributed by atoms with van der Waals surface area (Å²) >= 11 is 0. The molecule has 2 aromatic heterocycles. The van der Waals surface area contributed by atoms with E-state index in [-0.39, 0.29) is 0 Å². The van der Waals surface area contributed by atoms with Gasteiger partial charge in [0.1, 0.15) is 0 Å². The second-order valence-corrected chi connectivity index (χ2v) is 15.8. The molecule has 0 aliphatic carbocycles. The van der Waals surface area contributed by atoms with E-state index in [0.29, 0.717) is 12.2 Å². The number of aromatic nitrogens is 2. The van der Waals surface area contributed by atoms with Crippen LogP contribution in [0.25, 0.3) is 82.9 Å². The molecule has 0 fully saturated rings. The summed E-state index contributed by atoms with van der Waals surface area (Å²) in [5, 5.41) is 4.93. The maximum Gasteiger partial charge on any atom is 0.0671 e. The van der Waals surface area contributed by atoms with Crippen molar-refractivity contribution in [2.45, 2.75) is 6.54 Å². The zero-order valence-electron chi connectivity index (χ0n) is 34.1. The summed E-state index contributed by atoms with van der Waals surface area (Å²) in [5.74, 6) is 0. The molecule has 0 radical (unpaired) electrons. The number of nitrogens with two attached hydrogens (primary N) is 1. The van der Waals surface area contributed by atoms with Gasteiger partial charge >= 0.3 is 0 Å². The maximum absolute atomic E-state index is 6.83. The van der Waals surface area contributed by atoms with E-state index in [0.717, 1.165) is 50.4 Å². The van der Waals surface area contributed by atoms with Crippen molar-refractivity contribution in [3.05, 3.63) is 247 Å². The number of aliphatic imine (C=N–C) groups is 1. The predicted molar refractivity (Wildman–Crippen MR) is 261 cm³/mol. The molecular formula is C58H42N4. The third-order valence-electron chi connectivity index (χ3n) is 12.0. The molecule has 11 aromatic rings. The third kappa shape index (κ3) is 6.74. The first-order chi connectivity index (χ1) is 30.7. The highest BCUT2D eigenvalue weighted by molar-refractivity contribution is 6.14. The molecule has 2 N–H and O–H groups in total. The van der Waals surface area contributed by atoms with Crippen molar-refractivity contribution in [2.75, 3.05) is 0 Å². The van der Waals surface area contributed by atoms with E-state index in [9.17, 15) is 0 Å².